The van der Waals surface area contributed by atoms with Crippen LogP contribution in [0.2, 0.25) is 0 Å². The molecule has 9 heteroatoms. The molecule has 0 aliphatic carbocycles. The zero-order valence-electron chi connectivity index (χ0n) is 15.6. The lowest BCUT2D eigenvalue weighted by molar-refractivity contribution is -0.704. The monoisotopic (exact) mass is 402 g/mol. The van der Waals surface area contributed by atoms with Crippen molar-refractivity contribution in [3.8, 4) is 17.2 Å². The summed E-state index contributed by atoms with van der Waals surface area (Å²) in [4.78, 5) is 24.7. The lowest BCUT2D eigenvalue weighted by Gasteiger charge is -2.12. The van der Waals surface area contributed by atoms with Gasteiger partial charge in [0, 0.05) is 36.0 Å². The van der Waals surface area contributed by atoms with Gasteiger partial charge in [0.15, 0.2) is 0 Å². The maximum atomic E-state index is 12.6. The lowest BCUT2D eigenvalue weighted by atomic mass is 10.2. The van der Waals surface area contributed by atoms with Crippen molar-refractivity contribution in [1.29, 1.82) is 0 Å². The second-order valence-electron chi connectivity index (χ2n) is 5.81. The summed E-state index contributed by atoms with van der Waals surface area (Å²) in [6.07, 6.45) is 0. The maximum absolute atomic E-state index is 12.6. The molecule has 0 radical (unpaired) electrons. The topological polar surface area (TPSA) is 97.4 Å². The molecule has 146 valence electrons. The van der Waals surface area contributed by atoms with Crippen molar-refractivity contribution in [1.82, 2.24) is 5.27 Å². The Hall–Kier alpha value is -3.20. The molecule has 3 aromatic rings. The van der Waals surface area contributed by atoms with Crippen LogP contribution in [0.15, 0.2) is 62.9 Å². The molecule has 0 aliphatic heterocycles. The van der Waals surface area contributed by atoms with Crippen LogP contribution in [-0.4, -0.2) is 30.6 Å². The number of hydrogen-bond acceptors (Lipinski definition) is 6. The average Bonchev–Trinajstić information content (AvgIpc) is 3.08. The van der Waals surface area contributed by atoms with Gasteiger partial charge in [-0.15, -0.1) is 0 Å². The molecule has 2 N–H and O–H groups in total. The number of nitrogens with zero attached hydrogens (tertiary/aromatic N) is 1. The number of carbonyl (C=O) groups is 1. The summed E-state index contributed by atoms with van der Waals surface area (Å²) in [6, 6.07) is 14.3. The number of aromatic amines is 1. The summed E-state index contributed by atoms with van der Waals surface area (Å²) in [5, 5.41) is 5.08. The number of amides is 1. The van der Waals surface area contributed by atoms with Crippen molar-refractivity contribution in [3.05, 3.63) is 59.0 Å². The van der Waals surface area contributed by atoms with Gasteiger partial charge >= 0.3 is 10.7 Å². The number of rotatable bonds is 7. The Morgan fingerprint density at radius 1 is 1.14 bits per heavy atom. The third-order valence-corrected chi connectivity index (χ3v) is 5.04. The second kappa shape index (κ2) is 8.66. The fourth-order valence-corrected chi connectivity index (χ4v) is 3.34. The third kappa shape index (κ3) is 4.37. The molecule has 3 rings (SSSR count). The smallest absolute Gasteiger partial charge is 0.442 e. The number of ether oxygens (including phenoxy) is 2. The van der Waals surface area contributed by atoms with Gasteiger partial charge in [-0.05, 0) is 28.6 Å². The summed E-state index contributed by atoms with van der Waals surface area (Å²) < 4.78 is 16.8. The van der Waals surface area contributed by atoms with Crippen molar-refractivity contribution in [2.45, 2.75) is 17.2 Å². The van der Waals surface area contributed by atoms with Crippen LogP contribution in [-0.2, 0) is 4.79 Å². The molecule has 0 saturated carbocycles. The molecule has 0 fully saturated rings. The van der Waals surface area contributed by atoms with E-state index < -0.39 is 10.9 Å². The van der Waals surface area contributed by atoms with Gasteiger partial charge in [-0.3, -0.25) is 9.32 Å². The summed E-state index contributed by atoms with van der Waals surface area (Å²) in [6.45, 7) is 1.71. The van der Waals surface area contributed by atoms with E-state index in [0.29, 0.717) is 17.2 Å². The Labute approximate surface area is 165 Å². The Kier molecular flexibility index (Phi) is 6.05. The predicted octanol–water partition coefficient (Wildman–Crippen LogP) is 2.38. The van der Waals surface area contributed by atoms with Crippen LogP contribution < -0.4 is 25.1 Å². The van der Waals surface area contributed by atoms with Gasteiger partial charge < -0.3 is 14.8 Å². The van der Waals surface area contributed by atoms with E-state index >= 15 is 0 Å². The molecule has 28 heavy (non-hydrogen) atoms. The van der Waals surface area contributed by atoms with Gasteiger partial charge in [0.05, 0.1) is 19.5 Å². The van der Waals surface area contributed by atoms with Gasteiger partial charge in [0.2, 0.25) is 11.6 Å². The fraction of sp³-hybridized carbons (Fsp3) is 0.211. The van der Waals surface area contributed by atoms with Crippen LogP contribution in [0.3, 0.4) is 0 Å². The Morgan fingerprint density at radius 3 is 2.39 bits per heavy atom. The summed E-state index contributed by atoms with van der Waals surface area (Å²) in [7, 11) is 3.07. The Morgan fingerprint density at radius 2 is 1.79 bits per heavy atom. The third-order valence-electron chi connectivity index (χ3n) is 3.90. The molecule has 1 aromatic heterocycles. The molecule has 8 nitrogen and oxygen atoms in total. The SMILES string of the molecule is COc1cc(NC(=O)C(C)Sc2c(=O)o[nH][n+]2-c2ccccc2)cc(OC)c1. The summed E-state index contributed by atoms with van der Waals surface area (Å²) >= 11 is 1.10. The van der Waals surface area contributed by atoms with Crippen molar-refractivity contribution in [2.24, 2.45) is 0 Å². The first-order valence-electron chi connectivity index (χ1n) is 8.41. The van der Waals surface area contributed by atoms with Crippen molar-refractivity contribution in [3.63, 3.8) is 0 Å². The van der Waals surface area contributed by atoms with Gasteiger partial charge in [-0.1, -0.05) is 18.2 Å². The van der Waals surface area contributed by atoms with E-state index in [-0.39, 0.29) is 10.9 Å². The van der Waals surface area contributed by atoms with Crippen LogP contribution in [0.4, 0.5) is 5.69 Å². The Bertz CT molecular complexity index is 994. The molecule has 0 bridgehead atoms. The molecule has 1 amide bonds. The number of benzene rings is 2. The molecule has 1 heterocycles. The fourth-order valence-electron chi connectivity index (χ4n) is 2.46. The van der Waals surface area contributed by atoms with Crippen molar-refractivity contribution >= 4 is 23.4 Å². The first-order chi connectivity index (χ1) is 13.5. The van der Waals surface area contributed by atoms with Gasteiger partial charge in [-0.25, -0.2) is 4.79 Å². The molecule has 0 spiro atoms. The number of hydrogen-bond donors (Lipinski definition) is 2. The van der Waals surface area contributed by atoms with E-state index in [1.807, 2.05) is 30.3 Å². The van der Waals surface area contributed by atoms with E-state index in [2.05, 4.69) is 10.6 Å². The van der Waals surface area contributed by atoms with E-state index in [9.17, 15) is 9.59 Å². The van der Waals surface area contributed by atoms with Crippen molar-refractivity contribution in [2.75, 3.05) is 19.5 Å². The Balaban J connectivity index is 1.77. The minimum Gasteiger partial charge on any atom is -0.497 e. The van der Waals surface area contributed by atoms with Gasteiger partial charge in [0.1, 0.15) is 11.5 Å². The van der Waals surface area contributed by atoms with Crippen LogP contribution in [0.25, 0.3) is 5.69 Å². The van der Waals surface area contributed by atoms with Crippen LogP contribution >= 0.6 is 11.8 Å². The number of methoxy groups -OCH3 is 2. The largest absolute Gasteiger partial charge is 0.497 e. The summed E-state index contributed by atoms with van der Waals surface area (Å²) in [5.74, 6) is 0.840. The van der Waals surface area contributed by atoms with Gasteiger partial charge in [-0.2, -0.15) is 0 Å². The summed E-state index contributed by atoms with van der Waals surface area (Å²) in [5.41, 5.74) is 0.711. The van der Waals surface area contributed by atoms with Crippen molar-refractivity contribution < 1.29 is 23.5 Å². The number of H-pyrrole nitrogens is 1. The number of nitrogens with one attached hydrogen (secondary N) is 2. The highest BCUT2D eigenvalue weighted by Crippen LogP contribution is 2.27. The van der Waals surface area contributed by atoms with E-state index in [4.69, 9.17) is 14.0 Å². The standard InChI is InChI=1S/C19H19N3O5S/c1-12(17(23)20-13-9-15(25-2)11-16(10-13)26-3)28-18-19(24)27-21-22(18)14-7-5-4-6-8-14/h4-12H,1-3H3,(H-,20,21,23,24)/p+1. The average molecular weight is 402 g/mol. The van der Waals surface area contributed by atoms with Crippen LogP contribution in [0, 0.1) is 0 Å². The normalized spacial score (nSPS) is 11.7. The predicted molar refractivity (Wildman–Crippen MR) is 104 cm³/mol. The second-order valence-corrected chi connectivity index (χ2v) is 7.14. The number of para-hydroxylation sites is 1. The van der Waals surface area contributed by atoms with E-state index in [1.165, 1.54) is 18.9 Å². The molecular weight excluding hydrogens is 382 g/mol. The maximum Gasteiger partial charge on any atom is 0.442 e. The first kappa shape index (κ1) is 19.6. The van der Waals surface area contributed by atoms with E-state index in [0.717, 1.165) is 17.4 Å². The molecule has 0 saturated heterocycles. The highest BCUT2D eigenvalue weighted by molar-refractivity contribution is 8.00. The van der Waals surface area contributed by atoms with E-state index in [1.54, 1.807) is 25.1 Å². The molecular formula is C19H20N3O5S+. The number of thioether (sulfide) groups is 1. The zero-order chi connectivity index (χ0) is 20.1. The highest BCUT2D eigenvalue weighted by Gasteiger charge is 2.29. The first-order valence-corrected chi connectivity index (χ1v) is 9.29. The minimum atomic E-state index is -0.564. The number of anilines is 1. The van der Waals surface area contributed by atoms with Crippen LogP contribution in [0.5, 0.6) is 11.5 Å². The molecule has 2 aromatic carbocycles. The number of aromatic nitrogens is 2. The van der Waals surface area contributed by atoms with Gasteiger partial charge in [0.25, 0.3) is 0 Å². The molecule has 0 aliphatic rings. The minimum absolute atomic E-state index is 0.275. The highest BCUT2D eigenvalue weighted by atomic mass is 32.2. The lowest BCUT2D eigenvalue weighted by Crippen LogP contribution is -2.37. The van der Waals surface area contributed by atoms with Crippen LogP contribution in [0.1, 0.15) is 6.92 Å². The zero-order valence-corrected chi connectivity index (χ0v) is 16.4. The molecule has 1 unspecified atom stereocenters. The molecule has 1 atom stereocenters. The quantitative estimate of drug-likeness (QED) is 0.465. The number of carbonyl (C=O) groups excluding carboxylic acids is 1.